The SMILES string of the molecule is Cn1c(=O)c2c(ncn2CC(=O)Nc2cccc(N3CCCS3(=O)=O)c2)n(C)c1=O. The molecule has 1 aliphatic rings. The molecule has 2 aromatic heterocycles. The Kier molecular flexibility index (Phi) is 4.73. The second-order valence-corrected chi connectivity index (χ2v) is 9.10. The zero-order chi connectivity index (χ0) is 21.6. The van der Waals surface area contributed by atoms with Gasteiger partial charge in [0.1, 0.15) is 6.54 Å². The number of rotatable bonds is 4. The number of benzene rings is 1. The van der Waals surface area contributed by atoms with Crippen molar-refractivity contribution in [3.63, 3.8) is 0 Å². The molecule has 3 aromatic rings. The molecule has 1 aromatic carbocycles. The summed E-state index contributed by atoms with van der Waals surface area (Å²) in [5.74, 6) is -0.319. The predicted molar refractivity (Wildman–Crippen MR) is 111 cm³/mol. The summed E-state index contributed by atoms with van der Waals surface area (Å²) in [5, 5.41) is 2.71. The average molecular weight is 432 g/mol. The number of aromatic nitrogens is 4. The molecular weight excluding hydrogens is 412 g/mol. The minimum absolute atomic E-state index is 0.106. The maximum atomic E-state index is 12.6. The summed E-state index contributed by atoms with van der Waals surface area (Å²) < 4.78 is 29.1. The van der Waals surface area contributed by atoms with Crippen molar-refractivity contribution in [2.24, 2.45) is 14.1 Å². The highest BCUT2D eigenvalue weighted by Gasteiger charge is 2.28. The number of sulfonamides is 1. The molecule has 3 heterocycles. The number of nitrogens with one attached hydrogen (secondary N) is 1. The summed E-state index contributed by atoms with van der Waals surface area (Å²) in [5.41, 5.74) is 0.214. The van der Waals surface area contributed by atoms with Crippen LogP contribution in [0.3, 0.4) is 0 Å². The monoisotopic (exact) mass is 432 g/mol. The number of fused-ring (bicyclic) bond motifs is 1. The molecule has 0 saturated carbocycles. The lowest BCUT2D eigenvalue weighted by Gasteiger charge is -2.17. The number of imidazole rings is 1. The van der Waals surface area contributed by atoms with Gasteiger partial charge in [0.25, 0.3) is 5.56 Å². The van der Waals surface area contributed by atoms with Crippen molar-refractivity contribution in [2.45, 2.75) is 13.0 Å². The van der Waals surface area contributed by atoms with Crippen LogP contribution in [0, 0.1) is 0 Å². The van der Waals surface area contributed by atoms with Crippen molar-refractivity contribution in [1.29, 1.82) is 0 Å². The number of carbonyl (C=O) groups excluding carboxylic acids is 1. The maximum absolute atomic E-state index is 12.6. The summed E-state index contributed by atoms with van der Waals surface area (Å²) >= 11 is 0. The summed E-state index contributed by atoms with van der Waals surface area (Å²) in [4.78, 5) is 41.1. The van der Waals surface area contributed by atoms with E-state index in [1.54, 1.807) is 24.3 Å². The zero-order valence-electron chi connectivity index (χ0n) is 16.4. The fraction of sp³-hybridized carbons (Fsp3) is 0.333. The Labute approximate surface area is 171 Å². The first-order valence-corrected chi connectivity index (χ1v) is 10.8. The van der Waals surface area contributed by atoms with Gasteiger partial charge in [0, 0.05) is 26.3 Å². The van der Waals surface area contributed by atoms with E-state index in [1.807, 2.05) is 0 Å². The normalized spacial score (nSPS) is 15.6. The van der Waals surface area contributed by atoms with Crippen LogP contribution in [-0.4, -0.2) is 45.3 Å². The lowest BCUT2D eigenvalue weighted by atomic mass is 10.2. The third-order valence-electron chi connectivity index (χ3n) is 5.05. The van der Waals surface area contributed by atoms with Crippen LogP contribution in [0.2, 0.25) is 0 Å². The first-order valence-electron chi connectivity index (χ1n) is 9.20. The topological polar surface area (TPSA) is 128 Å². The Balaban J connectivity index is 1.59. The van der Waals surface area contributed by atoms with Gasteiger partial charge < -0.3 is 9.88 Å². The summed E-state index contributed by atoms with van der Waals surface area (Å²) in [6.07, 6.45) is 1.89. The highest BCUT2D eigenvalue weighted by molar-refractivity contribution is 7.93. The van der Waals surface area contributed by atoms with Gasteiger partial charge in [-0.05, 0) is 24.6 Å². The van der Waals surface area contributed by atoms with Gasteiger partial charge in [-0.25, -0.2) is 18.2 Å². The summed E-state index contributed by atoms with van der Waals surface area (Å²) in [7, 11) is -0.464. The Hall–Kier alpha value is -3.41. The Morgan fingerprint density at radius 2 is 1.97 bits per heavy atom. The van der Waals surface area contributed by atoms with Crippen LogP contribution in [0.1, 0.15) is 6.42 Å². The molecule has 0 unspecified atom stereocenters. The van der Waals surface area contributed by atoms with Gasteiger partial charge in [0.15, 0.2) is 11.2 Å². The molecule has 1 saturated heterocycles. The van der Waals surface area contributed by atoms with Crippen molar-refractivity contribution in [1.82, 2.24) is 18.7 Å². The van der Waals surface area contributed by atoms with E-state index >= 15 is 0 Å². The van der Waals surface area contributed by atoms with Gasteiger partial charge in [-0.1, -0.05) is 6.07 Å². The second kappa shape index (κ2) is 7.13. The van der Waals surface area contributed by atoms with Crippen LogP contribution in [-0.2, 0) is 35.5 Å². The van der Waals surface area contributed by atoms with Gasteiger partial charge in [0.05, 0.1) is 17.8 Å². The fourth-order valence-corrected chi connectivity index (χ4v) is 5.10. The molecule has 0 atom stereocenters. The minimum atomic E-state index is -3.32. The summed E-state index contributed by atoms with van der Waals surface area (Å²) in [6.45, 7) is 0.207. The highest BCUT2D eigenvalue weighted by atomic mass is 32.2. The smallest absolute Gasteiger partial charge is 0.324 e. The average Bonchev–Trinajstić information content (AvgIpc) is 3.27. The first kappa shape index (κ1) is 19.9. The molecule has 1 fully saturated rings. The van der Waals surface area contributed by atoms with Gasteiger partial charge in [-0.3, -0.25) is 23.0 Å². The fourth-order valence-electron chi connectivity index (χ4n) is 3.54. The van der Waals surface area contributed by atoms with Crippen molar-refractivity contribution in [3.05, 3.63) is 51.4 Å². The van der Waals surface area contributed by atoms with Crippen LogP contribution in [0.4, 0.5) is 11.4 Å². The van der Waals surface area contributed by atoms with Gasteiger partial charge in [0.2, 0.25) is 15.9 Å². The van der Waals surface area contributed by atoms with Crippen LogP contribution >= 0.6 is 0 Å². The molecule has 0 aliphatic carbocycles. The zero-order valence-corrected chi connectivity index (χ0v) is 17.2. The molecular formula is C18H20N6O5S. The summed E-state index contributed by atoms with van der Waals surface area (Å²) in [6, 6.07) is 6.58. The number of amides is 1. The molecule has 0 bridgehead atoms. The van der Waals surface area contributed by atoms with Gasteiger partial charge in [-0.2, -0.15) is 0 Å². The largest absolute Gasteiger partial charge is 0.332 e. The number of hydrogen-bond donors (Lipinski definition) is 1. The molecule has 1 amide bonds. The molecule has 4 rings (SSSR count). The first-order chi connectivity index (χ1) is 14.2. The van der Waals surface area contributed by atoms with Crippen LogP contribution in [0.15, 0.2) is 40.2 Å². The van der Waals surface area contributed by atoms with Crippen molar-refractivity contribution < 1.29 is 13.2 Å². The van der Waals surface area contributed by atoms with Crippen molar-refractivity contribution in [2.75, 3.05) is 21.9 Å². The standard InChI is InChI=1S/C18H20N6O5S/c1-21-16-15(17(26)22(2)18(21)27)23(11-19-16)10-14(25)20-12-5-3-6-13(9-12)24-7-4-8-30(24,28)29/h3,5-6,9,11H,4,7-8,10H2,1-2H3,(H,20,25). The van der Waals surface area contributed by atoms with Gasteiger partial charge >= 0.3 is 5.69 Å². The molecule has 0 spiro atoms. The number of aryl methyl sites for hydroxylation is 1. The van der Waals surface area contributed by atoms with E-state index in [0.717, 1.165) is 4.57 Å². The maximum Gasteiger partial charge on any atom is 0.332 e. The Morgan fingerprint density at radius 3 is 2.67 bits per heavy atom. The number of carbonyl (C=O) groups is 1. The number of anilines is 2. The van der Waals surface area contributed by atoms with E-state index < -0.39 is 27.2 Å². The molecule has 12 heteroatoms. The molecule has 11 nitrogen and oxygen atoms in total. The predicted octanol–water partition coefficient (Wildman–Crippen LogP) is -0.388. The molecule has 1 N–H and O–H groups in total. The van der Waals surface area contributed by atoms with Gasteiger partial charge in [-0.15, -0.1) is 0 Å². The van der Waals surface area contributed by atoms with Crippen molar-refractivity contribution >= 4 is 38.5 Å². The van der Waals surface area contributed by atoms with E-state index in [9.17, 15) is 22.8 Å². The van der Waals surface area contributed by atoms with E-state index in [4.69, 9.17) is 0 Å². The Bertz CT molecular complexity index is 1380. The lowest BCUT2D eigenvalue weighted by molar-refractivity contribution is -0.116. The quantitative estimate of drug-likeness (QED) is 0.598. The highest BCUT2D eigenvalue weighted by Crippen LogP contribution is 2.26. The lowest BCUT2D eigenvalue weighted by Crippen LogP contribution is -2.37. The Morgan fingerprint density at radius 1 is 1.20 bits per heavy atom. The minimum Gasteiger partial charge on any atom is -0.324 e. The van der Waals surface area contributed by atoms with E-state index in [-0.39, 0.29) is 23.5 Å². The van der Waals surface area contributed by atoms with E-state index in [0.29, 0.717) is 24.3 Å². The molecule has 30 heavy (non-hydrogen) atoms. The van der Waals surface area contributed by atoms with Crippen LogP contribution in [0.25, 0.3) is 11.2 Å². The third kappa shape index (κ3) is 3.28. The van der Waals surface area contributed by atoms with E-state index in [1.165, 1.54) is 33.9 Å². The molecule has 0 radical (unpaired) electrons. The van der Waals surface area contributed by atoms with Crippen LogP contribution < -0.4 is 20.9 Å². The number of hydrogen-bond acceptors (Lipinski definition) is 6. The molecule has 158 valence electrons. The number of nitrogens with zero attached hydrogens (tertiary/aromatic N) is 5. The third-order valence-corrected chi connectivity index (χ3v) is 6.92. The molecule has 1 aliphatic heterocycles. The second-order valence-electron chi connectivity index (χ2n) is 7.09. The van der Waals surface area contributed by atoms with Crippen molar-refractivity contribution in [3.8, 4) is 0 Å². The van der Waals surface area contributed by atoms with Crippen LogP contribution in [0.5, 0.6) is 0 Å². The van der Waals surface area contributed by atoms with E-state index in [2.05, 4.69) is 10.3 Å².